The zero-order valence-electron chi connectivity index (χ0n) is 20.2. The number of benzene rings is 1. The molecule has 1 aromatic heterocycles. The lowest BCUT2D eigenvalue weighted by molar-refractivity contribution is -0.140. The minimum absolute atomic E-state index is 0.104. The summed E-state index contributed by atoms with van der Waals surface area (Å²) in [4.78, 5) is 34.1. The third-order valence-electron chi connectivity index (χ3n) is 6.43. The van der Waals surface area contributed by atoms with Gasteiger partial charge in [-0.25, -0.2) is 0 Å². The van der Waals surface area contributed by atoms with E-state index in [-0.39, 0.29) is 11.3 Å². The van der Waals surface area contributed by atoms with E-state index in [0.717, 1.165) is 50.2 Å². The summed E-state index contributed by atoms with van der Waals surface area (Å²) in [5.74, 6) is -0.704. The summed E-state index contributed by atoms with van der Waals surface area (Å²) < 4.78 is 11.2. The number of aliphatic hydroxyl groups excluding tert-OH is 1. The van der Waals surface area contributed by atoms with Gasteiger partial charge < -0.3 is 19.5 Å². The second-order valence-electron chi connectivity index (χ2n) is 8.81. The number of likely N-dealkylation sites (tertiary alicyclic amines) is 1. The Bertz CT molecular complexity index is 1030. The van der Waals surface area contributed by atoms with Crippen LogP contribution in [0.3, 0.4) is 0 Å². The number of nitrogens with zero attached hydrogens (tertiary/aromatic N) is 3. The van der Waals surface area contributed by atoms with Crippen molar-refractivity contribution < 1.29 is 24.2 Å². The number of rotatable bonds is 10. The quantitative estimate of drug-likeness (QED) is 0.242. The van der Waals surface area contributed by atoms with E-state index in [1.165, 1.54) is 0 Å². The third kappa shape index (κ3) is 5.89. The number of ketones is 1. The molecule has 2 aromatic rings. The van der Waals surface area contributed by atoms with Crippen molar-refractivity contribution in [1.29, 1.82) is 0 Å². The average Bonchev–Trinajstić information content (AvgIpc) is 3.15. The predicted octanol–water partition coefficient (Wildman–Crippen LogP) is 3.40. The molecule has 1 aromatic carbocycles. The fourth-order valence-electron chi connectivity index (χ4n) is 4.49. The van der Waals surface area contributed by atoms with Crippen LogP contribution < -0.4 is 4.74 Å². The van der Waals surface area contributed by atoms with E-state index < -0.39 is 17.7 Å². The van der Waals surface area contributed by atoms with Crippen LogP contribution in [0.5, 0.6) is 5.75 Å². The van der Waals surface area contributed by atoms with Crippen molar-refractivity contribution in [2.24, 2.45) is 0 Å². The summed E-state index contributed by atoms with van der Waals surface area (Å²) in [7, 11) is 0. The highest BCUT2D eigenvalue weighted by atomic mass is 16.5. The molecule has 1 amide bonds. The number of ether oxygens (including phenoxy) is 2. The SMILES string of the molecule is CCCCOc1ccc(C2/C(=C(\O)c3ccncc3)C(=O)C(=O)N2CCCN2CCOCC2)cc1. The number of carbonyl (C=O) groups is 2. The van der Waals surface area contributed by atoms with Crippen molar-refractivity contribution >= 4 is 17.4 Å². The van der Waals surface area contributed by atoms with E-state index in [1.54, 1.807) is 29.4 Å². The summed E-state index contributed by atoms with van der Waals surface area (Å²) in [5, 5.41) is 11.1. The number of Topliss-reactive ketones (excluding diaryl/α,β-unsaturated/α-hetero) is 1. The molecule has 0 spiro atoms. The fourth-order valence-corrected chi connectivity index (χ4v) is 4.49. The molecule has 2 aliphatic rings. The Labute approximate surface area is 206 Å². The highest BCUT2D eigenvalue weighted by Crippen LogP contribution is 2.39. The zero-order chi connectivity index (χ0) is 24.6. The summed E-state index contributed by atoms with van der Waals surface area (Å²) >= 11 is 0. The molecule has 35 heavy (non-hydrogen) atoms. The molecule has 8 heteroatoms. The van der Waals surface area contributed by atoms with Crippen LogP contribution >= 0.6 is 0 Å². The molecular weight excluding hydrogens is 446 g/mol. The Kier molecular flexibility index (Phi) is 8.50. The number of amides is 1. The minimum Gasteiger partial charge on any atom is -0.507 e. The molecule has 2 aliphatic heterocycles. The molecule has 1 unspecified atom stereocenters. The van der Waals surface area contributed by atoms with Gasteiger partial charge in [0.2, 0.25) is 0 Å². The van der Waals surface area contributed by atoms with E-state index in [4.69, 9.17) is 9.47 Å². The Morgan fingerprint density at radius 3 is 2.46 bits per heavy atom. The van der Waals surface area contributed by atoms with Crippen LogP contribution in [0, 0.1) is 0 Å². The topological polar surface area (TPSA) is 92.2 Å². The van der Waals surface area contributed by atoms with Gasteiger partial charge in [0.1, 0.15) is 11.5 Å². The van der Waals surface area contributed by atoms with Gasteiger partial charge in [0.05, 0.1) is 31.4 Å². The van der Waals surface area contributed by atoms with E-state index >= 15 is 0 Å². The normalized spacial score (nSPS) is 20.4. The van der Waals surface area contributed by atoms with Crippen molar-refractivity contribution in [3.63, 3.8) is 0 Å². The Hall–Kier alpha value is -3.23. The smallest absolute Gasteiger partial charge is 0.295 e. The molecule has 1 atom stereocenters. The molecule has 186 valence electrons. The van der Waals surface area contributed by atoms with Crippen molar-refractivity contribution in [1.82, 2.24) is 14.8 Å². The Balaban J connectivity index is 1.61. The highest BCUT2D eigenvalue weighted by Gasteiger charge is 2.45. The highest BCUT2D eigenvalue weighted by molar-refractivity contribution is 6.46. The number of hydrogen-bond acceptors (Lipinski definition) is 7. The fraction of sp³-hybridized carbons (Fsp3) is 0.444. The first-order valence-corrected chi connectivity index (χ1v) is 12.3. The molecule has 0 bridgehead atoms. The van der Waals surface area contributed by atoms with E-state index in [9.17, 15) is 14.7 Å². The van der Waals surface area contributed by atoms with Crippen molar-refractivity contribution in [3.05, 3.63) is 65.5 Å². The molecule has 3 heterocycles. The number of carbonyl (C=O) groups excluding carboxylic acids is 2. The van der Waals surface area contributed by atoms with Gasteiger partial charge in [-0.2, -0.15) is 0 Å². The minimum atomic E-state index is -0.669. The first-order chi connectivity index (χ1) is 17.1. The maximum atomic E-state index is 13.1. The lowest BCUT2D eigenvalue weighted by Gasteiger charge is -2.29. The van der Waals surface area contributed by atoms with Gasteiger partial charge in [0.15, 0.2) is 0 Å². The van der Waals surface area contributed by atoms with Crippen LogP contribution in [-0.4, -0.2) is 77.6 Å². The first-order valence-electron chi connectivity index (χ1n) is 12.3. The number of hydrogen-bond donors (Lipinski definition) is 1. The molecule has 2 fully saturated rings. The Morgan fingerprint density at radius 1 is 1.06 bits per heavy atom. The number of morpholine rings is 1. The average molecular weight is 480 g/mol. The maximum Gasteiger partial charge on any atom is 0.295 e. The third-order valence-corrected chi connectivity index (χ3v) is 6.43. The van der Waals surface area contributed by atoms with Crippen molar-refractivity contribution in [2.75, 3.05) is 46.0 Å². The predicted molar refractivity (Wildman–Crippen MR) is 132 cm³/mol. The van der Waals surface area contributed by atoms with Gasteiger partial charge in [-0.3, -0.25) is 19.5 Å². The molecule has 1 N–H and O–H groups in total. The Morgan fingerprint density at radius 2 is 1.77 bits per heavy atom. The molecule has 0 aliphatic carbocycles. The summed E-state index contributed by atoms with van der Waals surface area (Å²) in [5.41, 5.74) is 1.32. The van der Waals surface area contributed by atoms with Crippen molar-refractivity contribution in [3.8, 4) is 5.75 Å². The van der Waals surface area contributed by atoms with E-state index in [0.29, 0.717) is 31.9 Å². The second-order valence-corrected chi connectivity index (χ2v) is 8.81. The number of aromatic nitrogens is 1. The van der Waals surface area contributed by atoms with Crippen molar-refractivity contribution in [2.45, 2.75) is 32.2 Å². The second kappa shape index (κ2) is 12.0. The summed E-state index contributed by atoms with van der Waals surface area (Å²) in [6, 6.07) is 10.0. The lowest BCUT2D eigenvalue weighted by Crippen LogP contribution is -2.38. The molecular formula is C27H33N3O5. The zero-order valence-corrected chi connectivity index (χ0v) is 20.2. The van der Waals surface area contributed by atoms with Crippen LogP contribution in [0.1, 0.15) is 43.4 Å². The van der Waals surface area contributed by atoms with Gasteiger partial charge in [-0.15, -0.1) is 0 Å². The van der Waals surface area contributed by atoms with Gasteiger partial charge in [0, 0.05) is 44.1 Å². The molecule has 0 radical (unpaired) electrons. The summed E-state index contributed by atoms with van der Waals surface area (Å²) in [6.07, 6.45) is 5.83. The van der Waals surface area contributed by atoms with Crippen LogP contribution in [0.25, 0.3) is 5.76 Å². The van der Waals surface area contributed by atoms with Crippen LogP contribution in [0.15, 0.2) is 54.4 Å². The first kappa shape index (κ1) is 24.9. The van der Waals surface area contributed by atoms with E-state index in [2.05, 4.69) is 16.8 Å². The molecule has 8 nitrogen and oxygen atoms in total. The maximum absolute atomic E-state index is 13.1. The largest absolute Gasteiger partial charge is 0.507 e. The number of pyridine rings is 1. The molecule has 2 saturated heterocycles. The molecule has 0 saturated carbocycles. The molecule has 4 rings (SSSR count). The standard InChI is InChI=1S/C27H33N3O5/c1-2-3-17-35-22-7-5-20(6-8-22)24-23(25(31)21-9-11-28-12-10-21)26(32)27(33)30(24)14-4-13-29-15-18-34-19-16-29/h5-12,24,31H,2-4,13-19H2,1H3/b25-23+. The van der Waals surface area contributed by atoms with Crippen LogP contribution in [0.2, 0.25) is 0 Å². The van der Waals surface area contributed by atoms with Gasteiger partial charge in [0.25, 0.3) is 11.7 Å². The lowest BCUT2D eigenvalue weighted by atomic mass is 9.95. The van der Waals surface area contributed by atoms with Gasteiger partial charge in [-0.1, -0.05) is 25.5 Å². The van der Waals surface area contributed by atoms with Gasteiger partial charge >= 0.3 is 0 Å². The van der Waals surface area contributed by atoms with Crippen LogP contribution in [-0.2, 0) is 14.3 Å². The number of unbranched alkanes of at least 4 members (excludes halogenated alkanes) is 1. The van der Waals surface area contributed by atoms with Crippen LogP contribution in [0.4, 0.5) is 0 Å². The van der Waals surface area contributed by atoms with Gasteiger partial charge in [-0.05, 0) is 42.7 Å². The summed E-state index contributed by atoms with van der Waals surface area (Å²) in [6.45, 7) is 7.12. The number of aliphatic hydroxyl groups is 1. The van der Waals surface area contributed by atoms with E-state index in [1.807, 2.05) is 24.3 Å². The monoisotopic (exact) mass is 479 g/mol.